The smallest absolute Gasteiger partial charge is 0.141 e. The van der Waals surface area contributed by atoms with Crippen LogP contribution in [0.3, 0.4) is 0 Å². The Labute approximate surface area is 115 Å². The van der Waals surface area contributed by atoms with Crippen LogP contribution in [0.15, 0.2) is 18.5 Å². The van der Waals surface area contributed by atoms with E-state index in [1.165, 1.54) is 31.9 Å². The number of nitrogens with zero attached hydrogens (tertiary/aromatic N) is 1. The van der Waals surface area contributed by atoms with Gasteiger partial charge in [0.15, 0.2) is 0 Å². The van der Waals surface area contributed by atoms with Crippen molar-refractivity contribution >= 4 is 0 Å². The molecule has 0 aliphatic heterocycles. The van der Waals surface area contributed by atoms with Crippen LogP contribution in [0.4, 0.5) is 4.39 Å². The van der Waals surface area contributed by atoms with Crippen LogP contribution >= 0.6 is 0 Å². The number of halogens is 1. The van der Waals surface area contributed by atoms with Crippen molar-refractivity contribution in [1.29, 1.82) is 0 Å². The molecule has 0 spiro atoms. The zero-order valence-electron chi connectivity index (χ0n) is 12.0. The van der Waals surface area contributed by atoms with Crippen molar-refractivity contribution in [3.63, 3.8) is 0 Å². The number of hydrogen-bond acceptors (Lipinski definition) is 2. The molecule has 3 heteroatoms. The van der Waals surface area contributed by atoms with Crippen LogP contribution < -0.4 is 5.32 Å². The fourth-order valence-electron chi connectivity index (χ4n) is 3.24. The third kappa shape index (κ3) is 4.00. The maximum Gasteiger partial charge on any atom is 0.141 e. The summed E-state index contributed by atoms with van der Waals surface area (Å²) in [6.07, 6.45) is 9.29. The van der Waals surface area contributed by atoms with E-state index < -0.39 is 0 Å². The van der Waals surface area contributed by atoms with Crippen molar-refractivity contribution in [1.82, 2.24) is 10.3 Å². The quantitative estimate of drug-likeness (QED) is 0.866. The molecule has 2 rings (SSSR count). The molecule has 1 aromatic rings. The van der Waals surface area contributed by atoms with E-state index in [9.17, 15) is 4.39 Å². The lowest BCUT2D eigenvalue weighted by molar-refractivity contribution is 0.223. The maximum absolute atomic E-state index is 13.4. The van der Waals surface area contributed by atoms with Gasteiger partial charge >= 0.3 is 0 Å². The highest BCUT2D eigenvalue weighted by molar-refractivity contribution is 5.16. The highest BCUT2D eigenvalue weighted by Crippen LogP contribution is 2.37. The van der Waals surface area contributed by atoms with Gasteiger partial charge in [-0.15, -0.1) is 0 Å². The van der Waals surface area contributed by atoms with Crippen LogP contribution in [0.5, 0.6) is 0 Å². The van der Waals surface area contributed by atoms with Gasteiger partial charge in [-0.3, -0.25) is 4.98 Å². The van der Waals surface area contributed by atoms with Gasteiger partial charge < -0.3 is 5.32 Å². The minimum Gasteiger partial charge on any atom is -0.310 e. The molecule has 106 valence electrons. The van der Waals surface area contributed by atoms with Crippen LogP contribution in [-0.4, -0.2) is 11.5 Å². The topological polar surface area (TPSA) is 24.9 Å². The molecule has 1 fully saturated rings. The summed E-state index contributed by atoms with van der Waals surface area (Å²) in [6.45, 7) is 5.47. The van der Waals surface area contributed by atoms with Crippen molar-refractivity contribution in [2.24, 2.45) is 11.8 Å². The first-order valence-corrected chi connectivity index (χ1v) is 7.54. The molecule has 3 atom stereocenters. The standard InChI is InChI=1S/C16H25FN2/c1-3-7-19-16(13-6-4-5-12(2)8-13)14-9-15(17)11-18-10-14/h9-13,16,19H,3-8H2,1-2H3. The Morgan fingerprint density at radius 2 is 2.26 bits per heavy atom. The van der Waals surface area contributed by atoms with Gasteiger partial charge in [-0.25, -0.2) is 4.39 Å². The first-order chi connectivity index (χ1) is 9.20. The molecule has 1 aliphatic rings. The van der Waals surface area contributed by atoms with Crippen LogP contribution in [0.1, 0.15) is 57.6 Å². The zero-order valence-corrected chi connectivity index (χ0v) is 12.0. The summed E-state index contributed by atoms with van der Waals surface area (Å²) in [5, 5.41) is 3.60. The molecule has 19 heavy (non-hydrogen) atoms. The Morgan fingerprint density at radius 1 is 1.42 bits per heavy atom. The van der Waals surface area contributed by atoms with Crippen LogP contribution in [-0.2, 0) is 0 Å². The molecular weight excluding hydrogens is 239 g/mol. The van der Waals surface area contributed by atoms with Gasteiger partial charge in [-0.05, 0) is 49.3 Å². The van der Waals surface area contributed by atoms with Crippen LogP contribution in [0.25, 0.3) is 0 Å². The van der Waals surface area contributed by atoms with Gasteiger partial charge in [0.2, 0.25) is 0 Å². The van der Waals surface area contributed by atoms with Gasteiger partial charge in [0.1, 0.15) is 5.82 Å². The highest BCUT2D eigenvalue weighted by Gasteiger charge is 2.27. The molecule has 2 nitrogen and oxygen atoms in total. The number of pyridine rings is 1. The molecule has 0 bridgehead atoms. The van der Waals surface area contributed by atoms with E-state index in [0.717, 1.165) is 24.4 Å². The van der Waals surface area contributed by atoms with E-state index >= 15 is 0 Å². The lowest BCUT2D eigenvalue weighted by Gasteiger charge is -2.34. The summed E-state index contributed by atoms with van der Waals surface area (Å²) in [5.74, 6) is 1.16. The second-order valence-corrected chi connectivity index (χ2v) is 5.90. The van der Waals surface area contributed by atoms with Crippen molar-refractivity contribution in [2.75, 3.05) is 6.54 Å². The van der Waals surface area contributed by atoms with E-state index in [2.05, 4.69) is 24.1 Å². The van der Waals surface area contributed by atoms with Crippen molar-refractivity contribution < 1.29 is 4.39 Å². The summed E-state index contributed by atoms with van der Waals surface area (Å²) in [7, 11) is 0. The molecule has 3 unspecified atom stereocenters. The van der Waals surface area contributed by atoms with Gasteiger partial charge in [0.05, 0.1) is 6.20 Å². The minimum atomic E-state index is -0.232. The molecular formula is C16H25FN2. The number of aromatic nitrogens is 1. The lowest BCUT2D eigenvalue weighted by atomic mass is 9.77. The number of rotatable bonds is 5. The monoisotopic (exact) mass is 264 g/mol. The van der Waals surface area contributed by atoms with Crippen LogP contribution in [0, 0.1) is 17.7 Å². The molecule has 1 aliphatic carbocycles. The Bertz CT molecular complexity index is 394. The van der Waals surface area contributed by atoms with Gasteiger partial charge in [0.25, 0.3) is 0 Å². The Kier molecular flexibility index (Phi) is 5.32. The van der Waals surface area contributed by atoms with E-state index in [-0.39, 0.29) is 11.9 Å². The Hall–Kier alpha value is -0.960. The molecule has 0 amide bonds. The van der Waals surface area contributed by atoms with Gasteiger partial charge in [-0.2, -0.15) is 0 Å². The molecule has 1 heterocycles. The fourth-order valence-corrected chi connectivity index (χ4v) is 3.24. The first kappa shape index (κ1) is 14.4. The summed E-state index contributed by atoms with van der Waals surface area (Å²) < 4.78 is 13.4. The fraction of sp³-hybridized carbons (Fsp3) is 0.688. The predicted molar refractivity (Wildman–Crippen MR) is 76.4 cm³/mol. The Balaban J connectivity index is 2.14. The molecule has 0 radical (unpaired) electrons. The second-order valence-electron chi connectivity index (χ2n) is 5.90. The van der Waals surface area contributed by atoms with E-state index in [4.69, 9.17) is 0 Å². The average Bonchev–Trinajstić information content (AvgIpc) is 2.39. The predicted octanol–water partition coefficient (Wildman–Crippen LogP) is 4.09. The largest absolute Gasteiger partial charge is 0.310 e. The van der Waals surface area contributed by atoms with Crippen molar-refractivity contribution in [3.05, 3.63) is 29.8 Å². The zero-order chi connectivity index (χ0) is 13.7. The molecule has 1 aromatic heterocycles. The van der Waals surface area contributed by atoms with E-state index in [0.29, 0.717) is 5.92 Å². The third-order valence-electron chi connectivity index (χ3n) is 4.15. The number of nitrogens with one attached hydrogen (secondary N) is 1. The van der Waals surface area contributed by atoms with Crippen molar-refractivity contribution in [3.8, 4) is 0 Å². The third-order valence-corrected chi connectivity index (χ3v) is 4.15. The first-order valence-electron chi connectivity index (χ1n) is 7.54. The maximum atomic E-state index is 13.4. The summed E-state index contributed by atoms with van der Waals surface area (Å²) in [6, 6.07) is 1.89. The Morgan fingerprint density at radius 3 is 2.95 bits per heavy atom. The summed E-state index contributed by atoms with van der Waals surface area (Å²) >= 11 is 0. The van der Waals surface area contributed by atoms with Gasteiger partial charge in [-0.1, -0.05) is 26.7 Å². The van der Waals surface area contributed by atoms with Crippen molar-refractivity contribution in [2.45, 2.75) is 52.0 Å². The number of hydrogen-bond donors (Lipinski definition) is 1. The summed E-state index contributed by atoms with van der Waals surface area (Å²) in [5.41, 5.74) is 1.01. The van der Waals surface area contributed by atoms with E-state index in [1.807, 2.05) is 6.20 Å². The molecule has 1 N–H and O–H groups in total. The second kappa shape index (κ2) is 6.99. The molecule has 0 aromatic carbocycles. The average molecular weight is 264 g/mol. The summed E-state index contributed by atoms with van der Waals surface area (Å²) in [4.78, 5) is 4.01. The van der Waals surface area contributed by atoms with E-state index in [1.54, 1.807) is 6.07 Å². The van der Waals surface area contributed by atoms with Gasteiger partial charge in [0, 0.05) is 12.2 Å². The highest BCUT2D eigenvalue weighted by atomic mass is 19.1. The molecule has 1 saturated carbocycles. The minimum absolute atomic E-state index is 0.232. The SMILES string of the molecule is CCCNC(c1cncc(F)c1)C1CCCC(C)C1. The molecule has 0 saturated heterocycles. The lowest BCUT2D eigenvalue weighted by Crippen LogP contribution is -2.32. The normalized spacial score (nSPS) is 25.2. The van der Waals surface area contributed by atoms with Crippen LogP contribution in [0.2, 0.25) is 0 Å².